The minimum atomic E-state index is -0.894. The average molecular weight is 212 g/mol. The van der Waals surface area contributed by atoms with Crippen LogP contribution >= 0.6 is 0 Å². The summed E-state index contributed by atoms with van der Waals surface area (Å²) >= 11 is 0. The Balaban J connectivity index is 3.16. The molecule has 6 heteroatoms. The smallest absolute Gasteiger partial charge is 0.311 e. The number of nitrogens with two attached hydrogens (primary N) is 1. The topological polar surface area (TPSA) is 98.6 Å². The van der Waals surface area contributed by atoms with Crippen LogP contribution in [-0.2, 0) is 0 Å². The second-order valence-electron chi connectivity index (χ2n) is 2.94. The maximum Gasteiger partial charge on any atom is 0.311 e. The Morgan fingerprint density at radius 3 is 2.80 bits per heavy atom. The molecule has 0 aliphatic rings. The molecule has 0 aliphatic carbocycles. The summed E-state index contributed by atoms with van der Waals surface area (Å²) in [6, 6.07) is 4.24. The van der Waals surface area contributed by atoms with Crippen LogP contribution in [0, 0.1) is 10.1 Å². The molecule has 6 nitrogen and oxygen atoms in total. The lowest BCUT2D eigenvalue weighted by molar-refractivity contribution is -0.385. The average Bonchev–Trinajstić information content (AvgIpc) is 2.27. The molecule has 1 atom stereocenters. The van der Waals surface area contributed by atoms with E-state index < -0.39 is 11.0 Å². The molecule has 0 aliphatic heterocycles. The summed E-state index contributed by atoms with van der Waals surface area (Å²) in [5.41, 5.74) is 5.48. The van der Waals surface area contributed by atoms with Gasteiger partial charge in [0.05, 0.1) is 18.1 Å². The summed E-state index contributed by atoms with van der Waals surface area (Å²) in [4.78, 5) is 10.1. The van der Waals surface area contributed by atoms with Crippen molar-refractivity contribution in [3.05, 3.63) is 33.9 Å². The molecule has 1 aromatic rings. The largest absolute Gasteiger partial charge is 0.490 e. The summed E-state index contributed by atoms with van der Waals surface area (Å²) in [5, 5.41) is 20.1. The van der Waals surface area contributed by atoms with Crippen molar-refractivity contribution in [2.45, 2.75) is 6.10 Å². The van der Waals surface area contributed by atoms with Crippen molar-refractivity contribution in [1.29, 1.82) is 0 Å². The van der Waals surface area contributed by atoms with E-state index in [4.69, 9.17) is 10.5 Å². The lowest BCUT2D eigenvalue weighted by Crippen LogP contribution is -2.11. The Morgan fingerprint density at radius 1 is 1.67 bits per heavy atom. The third kappa shape index (κ3) is 2.42. The van der Waals surface area contributed by atoms with E-state index in [0.29, 0.717) is 5.56 Å². The van der Waals surface area contributed by atoms with Gasteiger partial charge in [-0.3, -0.25) is 10.1 Å². The number of aliphatic hydroxyl groups excluding tert-OH is 1. The quantitative estimate of drug-likeness (QED) is 0.562. The van der Waals surface area contributed by atoms with E-state index in [1.54, 1.807) is 6.07 Å². The minimum Gasteiger partial charge on any atom is -0.490 e. The van der Waals surface area contributed by atoms with Crippen molar-refractivity contribution < 1.29 is 14.8 Å². The zero-order valence-electron chi connectivity index (χ0n) is 8.21. The zero-order chi connectivity index (χ0) is 11.4. The van der Waals surface area contributed by atoms with E-state index in [2.05, 4.69) is 0 Å². The van der Waals surface area contributed by atoms with Crippen LogP contribution in [0.2, 0.25) is 0 Å². The Morgan fingerprint density at radius 2 is 2.33 bits per heavy atom. The molecule has 0 bridgehead atoms. The normalized spacial score (nSPS) is 12.2. The summed E-state index contributed by atoms with van der Waals surface area (Å²) in [6.45, 7) is 0.0173. The van der Waals surface area contributed by atoms with Crippen LogP contribution < -0.4 is 10.5 Å². The molecule has 0 amide bonds. The van der Waals surface area contributed by atoms with Crippen LogP contribution in [0.1, 0.15) is 11.7 Å². The fourth-order valence-electron chi connectivity index (χ4n) is 1.19. The molecule has 0 spiro atoms. The summed E-state index contributed by atoms with van der Waals surface area (Å²) in [6.07, 6.45) is -0.894. The van der Waals surface area contributed by atoms with Gasteiger partial charge in [0, 0.05) is 12.6 Å². The number of nitrogens with zero attached hydrogens (tertiary/aromatic N) is 1. The van der Waals surface area contributed by atoms with Crippen LogP contribution in [0.5, 0.6) is 5.75 Å². The van der Waals surface area contributed by atoms with E-state index in [-0.39, 0.29) is 18.0 Å². The molecule has 1 aromatic carbocycles. The number of methoxy groups -OCH3 is 1. The van der Waals surface area contributed by atoms with Crippen molar-refractivity contribution in [2.75, 3.05) is 13.7 Å². The molecule has 0 radical (unpaired) electrons. The van der Waals surface area contributed by atoms with E-state index in [1.807, 2.05) is 0 Å². The first-order chi connectivity index (χ1) is 7.10. The predicted octanol–water partition coefficient (Wildman–Crippen LogP) is 0.596. The highest BCUT2D eigenvalue weighted by Crippen LogP contribution is 2.29. The number of nitro groups is 1. The first-order valence-corrected chi connectivity index (χ1v) is 4.30. The molecule has 0 saturated carbocycles. The molecular formula is C9H12N2O4. The standard InChI is InChI=1S/C9H12N2O4/c1-15-9-3-2-6(8(12)5-10)4-7(9)11(13)14/h2-4,8,12H,5,10H2,1H3/t8-/m0/s1. The molecule has 0 fully saturated rings. The number of benzene rings is 1. The Kier molecular flexibility index (Phi) is 3.59. The van der Waals surface area contributed by atoms with Crippen LogP contribution in [0.15, 0.2) is 18.2 Å². The van der Waals surface area contributed by atoms with Gasteiger partial charge in [0.1, 0.15) is 0 Å². The monoisotopic (exact) mass is 212 g/mol. The molecule has 0 aromatic heterocycles. The van der Waals surface area contributed by atoms with Crippen molar-refractivity contribution >= 4 is 5.69 Å². The van der Waals surface area contributed by atoms with Gasteiger partial charge in [0.2, 0.25) is 0 Å². The Bertz CT molecular complexity index is 367. The van der Waals surface area contributed by atoms with Gasteiger partial charge in [-0.2, -0.15) is 0 Å². The number of nitro benzene ring substituents is 1. The number of hydrogen-bond acceptors (Lipinski definition) is 5. The minimum absolute atomic E-state index is 0.0173. The predicted molar refractivity (Wildman–Crippen MR) is 53.7 cm³/mol. The second-order valence-corrected chi connectivity index (χ2v) is 2.94. The third-order valence-corrected chi connectivity index (χ3v) is 2.01. The first-order valence-electron chi connectivity index (χ1n) is 4.30. The molecule has 0 saturated heterocycles. The highest BCUT2D eigenvalue weighted by Gasteiger charge is 2.17. The van der Waals surface area contributed by atoms with Gasteiger partial charge >= 0.3 is 5.69 Å². The van der Waals surface area contributed by atoms with Gasteiger partial charge in [-0.05, 0) is 11.6 Å². The summed E-state index contributed by atoms with van der Waals surface area (Å²) in [7, 11) is 1.35. The summed E-state index contributed by atoms with van der Waals surface area (Å²) in [5.74, 6) is 0.160. The van der Waals surface area contributed by atoms with Crippen molar-refractivity contribution in [2.24, 2.45) is 5.73 Å². The lowest BCUT2D eigenvalue weighted by Gasteiger charge is -2.09. The van der Waals surface area contributed by atoms with Crippen molar-refractivity contribution in [1.82, 2.24) is 0 Å². The van der Waals surface area contributed by atoms with E-state index >= 15 is 0 Å². The van der Waals surface area contributed by atoms with Crippen LogP contribution in [-0.4, -0.2) is 23.7 Å². The zero-order valence-corrected chi connectivity index (χ0v) is 8.21. The van der Waals surface area contributed by atoms with Gasteiger partial charge in [-0.1, -0.05) is 6.07 Å². The number of rotatable bonds is 4. The van der Waals surface area contributed by atoms with Gasteiger partial charge in [-0.15, -0.1) is 0 Å². The van der Waals surface area contributed by atoms with Crippen LogP contribution in [0.4, 0.5) is 5.69 Å². The van der Waals surface area contributed by atoms with E-state index in [0.717, 1.165) is 0 Å². The Labute approximate surface area is 86.4 Å². The molecule has 0 unspecified atom stereocenters. The van der Waals surface area contributed by atoms with E-state index in [9.17, 15) is 15.2 Å². The van der Waals surface area contributed by atoms with Crippen LogP contribution in [0.25, 0.3) is 0 Å². The van der Waals surface area contributed by atoms with Gasteiger partial charge in [0.15, 0.2) is 5.75 Å². The summed E-state index contributed by atoms with van der Waals surface area (Å²) < 4.78 is 4.82. The highest BCUT2D eigenvalue weighted by atomic mass is 16.6. The van der Waals surface area contributed by atoms with E-state index in [1.165, 1.54) is 19.2 Å². The molecule has 15 heavy (non-hydrogen) atoms. The van der Waals surface area contributed by atoms with Crippen LogP contribution in [0.3, 0.4) is 0 Å². The van der Waals surface area contributed by atoms with Gasteiger partial charge in [0.25, 0.3) is 0 Å². The molecule has 0 heterocycles. The maximum atomic E-state index is 10.7. The number of hydrogen-bond donors (Lipinski definition) is 2. The second kappa shape index (κ2) is 4.72. The first kappa shape index (κ1) is 11.4. The van der Waals surface area contributed by atoms with Gasteiger partial charge < -0.3 is 15.6 Å². The molecule has 1 rings (SSSR count). The lowest BCUT2D eigenvalue weighted by atomic mass is 10.1. The molecule has 82 valence electrons. The highest BCUT2D eigenvalue weighted by molar-refractivity contribution is 5.49. The fraction of sp³-hybridized carbons (Fsp3) is 0.333. The van der Waals surface area contributed by atoms with Crippen molar-refractivity contribution in [3.63, 3.8) is 0 Å². The number of aliphatic hydroxyl groups is 1. The number of ether oxygens (including phenoxy) is 1. The molecular weight excluding hydrogens is 200 g/mol. The Hall–Kier alpha value is -1.66. The van der Waals surface area contributed by atoms with Crippen molar-refractivity contribution in [3.8, 4) is 5.75 Å². The molecule has 3 N–H and O–H groups in total. The SMILES string of the molecule is COc1ccc([C@@H](O)CN)cc1[N+](=O)[O-]. The third-order valence-electron chi connectivity index (χ3n) is 2.01. The maximum absolute atomic E-state index is 10.7. The fourth-order valence-corrected chi connectivity index (χ4v) is 1.19. The van der Waals surface area contributed by atoms with Gasteiger partial charge in [-0.25, -0.2) is 0 Å².